The maximum Gasteiger partial charge on any atom is 0.221 e. The topological polar surface area (TPSA) is 53.5 Å². The lowest BCUT2D eigenvalue weighted by Crippen LogP contribution is -2.44. The normalized spacial score (nSPS) is 19.1. The highest BCUT2D eigenvalue weighted by Gasteiger charge is 2.42. The molecule has 1 spiro atoms. The van der Waals surface area contributed by atoms with Gasteiger partial charge in [-0.05, 0) is 60.6 Å². The van der Waals surface area contributed by atoms with Crippen molar-refractivity contribution in [1.82, 2.24) is 0 Å². The number of carbonyl (C=O) groups excluding carboxylic acids is 1. The van der Waals surface area contributed by atoms with E-state index in [4.69, 9.17) is 16.6 Å². The molecule has 0 atom stereocenters. The summed E-state index contributed by atoms with van der Waals surface area (Å²) in [5.41, 5.74) is 4.25. The fourth-order valence-corrected chi connectivity index (χ4v) is 5.56. The van der Waals surface area contributed by atoms with Crippen molar-refractivity contribution in [3.8, 4) is 0 Å². The van der Waals surface area contributed by atoms with Crippen LogP contribution in [0.1, 0.15) is 30.9 Å². The predicted molar refractivity (Wildman–Crippen MR) is 120 cm³/mol. The molecule has 4 nitrogen and oxygen atoms in total. The van der Waals surface area contributed by atoms with Crippen molar-refractivity contribution in [2.45, 2.75) is 32.7 Å². The molecule has 0 saturated carbocycles. The van der Waals surface area contributed by atoms with Gasteiger partial charge in [0, 0.05) is 34.3 Å². The number of nitrogens with one attached hydrogen (secondary N) is 2. The maximum atomic E-state index is 11.6. The van der Waals surface area contributed by atoms with E-state index in [1.54, 1.807) is 6.92 Å². The Bertz CT molecular complexity index is 922. The van der Waals surface area contributed by atoms with Gasteiger partial charge < -0.3 is 10.6 Å². The minimum atomic E-state index is -0.0397. The van der Waals surface area contributed by atoms with Gasteiger partial charge in [0.25, 0.3) is 0 Å². The van der Waals surface area contributed by atoms with E-state index in [1.807, 2.05) is 42.1 Å². The number of anilines is 2. The number of hydrogen-bond donors (Lipinski definition) is 2. The zero-order valence-corrected chi connectivity index (χ0v) is 17.5. The number of benzene rings is 2. The Balaban J connectivity index is 1.69. The monoisotopic (exact) mass is 413 g/mol. The van der Waals surface area contributed by atoms with E-state index < -0.39 is 0 Å². The maximum absolute atomic E-state index is 11.6. The number of aliphatic imine (C=N–C) groups is 1. The van der Waals surface area contributed by atoms with Crippen LogP contribution in [0.2, 0.25) is 5.02 Å². The van der Waals surface area contributed by atoms with E-state index in [0.717, 1.165) is 58.6 Å². The molecule has 2 aliphatic heterocycles. The molecule has 0 unspecified atom stereocenters. The summed E-state index contributed by atoms with van der Waals surface area (Å²) in [5.74, 6) is 3.30. The third kappa shape index (κ3) is 4.06. The van der Waals surface area contributed by atoms with Gasteiger partial charge in [-0.1, -0.05) is 29.8 Å². The second kappa shape index (κ2) is 8.18. The van der Waals surface area contributed by atoms with Crippen molar-refractivity contribution >= 4 is 46.5 Å². The highest BCUT2D eigenvalue weighted by Crippen LogP contribution is 2.46. The van der Waals surface area contributed by atoms with Gasteiger partial charge >= 0.3 is 0 Å². The second-order valence-corrected chi connectivity index (χ2v) is 9.16. The minimum Gasteiger partial charge on any atom is -0.343 e. The summed E-state index contributed by atoms with van der Waals surface area (Å²) in [7, 11) is 0. The van der Waals surface area contributed by atoms with Crippen molar-refractivity contribution in [2.24, 2.45) is 10.4 Å². The number of fused-ring (bicyclic) bond motifs is 1. The van der Waals surface area contributed by atoms with Gasteiger partial charge in [0.2, 0.25) is 5.91 Å². The summed E-state index contributed by atoms with van der Waals surface area (Å²) >= 11 is 8.14. The van der Waals surface area contributed by atoms with Crippen molar-refractivity contribution in [2.75, 3.05) is 22.1 Å². The van der Waals surface area contributed by atoms with Crippen LogP contribution in [0.3, 0.4) is 0 Å². The zero-order chi connectivity index (χ0) is 19.6. The van der Waals surface area contributed by atoms with Crippen LogP contribution in [0.15, 0.2) is 47.5 Å². The smallest absolute Gasteiger partial charge is 0.221 e. The van der Waals surface area contributed by atoms with Crippen LogP contribution in [0.5, 0.6) is 0 Å². The number of nitrogens with zero attached hydrogens (tertiary/aromatic N) is 1. The molecule has 1 amide bonds. The number of rotatable bonds is 3. The van der Waals surface area contributed by atoms with E-state index in [0.29, 0.717) is 6.54 Å². The molecule has 0 aliphatic carbocycles. The number of amides is 1. The number of amidine groups is 1. The Morgan fingerprint density at radius 1 is 1.25 bits per heavy atom. The second-order valence-electron chi connectivity index (χ2n) is 7.50. The van der Waals surface area contributed by atoms with Gasteiger partial charge in [-0.15, -0.1) is 0 Å². The molecule has 0 aromatic heterocycles. The molecule has 6 heteroatoms. The van der Waals surface area contributed by atoms with Crippen molar-refractivity contribution in [3.05, 3.63) is 58.6 Å². The van der Waals surface area contributed by atoms with E-state index >= 15 is 0 Å². The molecule has 146 valence electrons. The number of hydrogen-bond acceptors (Lipinski definition) is 3. The highest BCUT2D eigenvalue weighted by molar-refractivity contribution is 7.99. The number of carbonyl (C=O) groups is 1. The largest absolute Gasteiger partial charge is 0.343 e. The quantitative estimate of drug-likeness (QED) is 0.710. The van der Waals surface area contributed by atoms with Crippen LogP contribution < -0.4 is 10.6 Å². The molecule has 2 heterocycles. The number of thioether (sulfide) groups is 1. The average Bonchev–Trinajstić information content (AvgIpc) is 2.67. The molecule has 4 rings (SSSR count). The fraction of sp³-hybridized carbons (Fsp3) is 0.364. The van der Waals surface area contributed by atoms with Crippen LogP contribution in [-0.2, 0) is 17.8 Å². The molecule has 2 N–H and O–H groups in total. The Hall–Kier alpha value is -1.98. The average molecular weight is 414 g/mol. The standard InChI is InChI=1S/C22H24ClN3OS/c1-15(27)25-19-6-3-7-20-18(19)13-22(8-10-28-11-9-22)21(26-20)24-14-16-4-2-5-17(23)12-16/h2-7,12H,8-11,13-14H2,1H3,(H,24,26)(H,25,27). The van der Waals surface area contributed by atoms with E-state index in [2.05, 4.69) is 22.8 Å². The van der Waals surface area contributed by atoms with Crippen LogP contribution in [-0.4, -0.2) is 23.2 Å². The molecular weight excluding hydrogens is 390 g/mol. The zero-order valence-electron chi connectivity index (χ0n) is 15.9. The van der Waals surface area contributed by atoms with Gasteiger partial charge in [0.15, 0.2) is 0 Å². The van der Waals surface area contributed by atoms with E-state index in [-0.39, 0.29) is 11.3 Å². The van der Waals surface area contributed by atoms with E-state index in [1.165, 1.54) is 5.56 Å². The molecule has 0 bridgehead atoms. The molecular formula is C22H24ClN3OS. The third-order valence-corrected chi connectivity index (χ3v) is 6.74. The fourth-order valence-electron chi connectivity index (χ4n) is 4.07. The molecule has 28 heavy (non-hydrogen) atoms. The third-order valence-electron chi connectivity index (χ3n) is 5.52. The van der Waals surface area contributed by atoms with Crippen LogP contribution in [0.4, 0.5) is 11.4 Å². The summed E-state index contributed by atoms with van der Waals surface area (Å²) in [6.45, 7) is 2.17. The van der Waals surface area contributed by atoms with Gasteiger partial charge in [0.1, 0.15) is 5.84 Å². The van der Waals surface area contributed by atoms with Gasteiger partial charge in [0.05, 0.1) is 6.54 Å². The molecule has 0 radical (unpaired) electrons. The first kappa shape index (κ1) is 19.3. The SMILES string of the molecule is CC(=O)Nc1cccc2c1CC1(CCSCC1)C(=NCc1cccc(Cl)c1)N2. The lowest BCUT2D eigenvalue weighted by molar-refractivity contribution is -0.114. The first-order valence-electron chi connectivity index (χ1n) is 9.59. The Morgan fingerprint density at radius 2 is 2.04 bits per heavy atom. The lowest BCUT2D eigenvalue weighted by atomic mass is 9.72. The van der Waals surface area contributed by atoms with Crippen LogP contribution in [0, 0.1) is 5.41 Å². The van der Waals surface area contributed by atoms with Crippen LogP contribution in [0.25, 0.3) is 0 Å². The van der Waals surface area contributed by atoms with Gasteiger partial charge in [-0.3, -0.25) is 9.79 Å². The Morgan fingerprint density at radius 3 is 2.79 bits per heavy atom. The first-order chi connectivity index (χ1) is 13.6. The van der Waals surface area contributed by atoms with Crippen LogP contribution >= 0.6 is 23.4 Å². The van der Waals surface area contributed by atoms with Crippen molar-refractivity contribution < 1.29 is 4.79 Å². The highest BCUT2D eigenvalue weighted by atomic mass is 35.5. The Kier molecular flexibility index (Phi) is 5.65. The summed E-state index contributed by atoms with van der Waals surface area (Å²) in [4.78, 5) is 16.7. The molecule has 2 aliphatic rings. The molecule has 2 aromatic carbocycles. The molecule has 2 aromatic rings. The lowest BCUT2D eigenvalue weighted by Gasteiger charge is -2.43. The summed E-state index contributed by atoms with van der Waals surface area (Å²) in [5, 5.41) is 7.35. The summed E-state index contributed by atoms with van der Waals surface area (Å²) < 4.78 is 0. The van der Waals surface area contributed by atoms with E-state index in [9.17, 15) is 4.79 Å². The number of halogens is 1. The van der Waals surface area contributed by atoms with Gasteiger partial charge in [-0.2, -0.15) is 11.8 Å². The molecule has 1 saturated heterocycles. The van der Waals surface area contributed by atoms with Gasteiger partial charge in [-0.25, -0.2) is 0 Å². The summed E-state index contributed by atoms with van der Waals surface area (Å²) in [6.07, 6.45) is 3.08. The van der Waals surface area contributed by atoms with Crippen molar-refractivity contribution in [1.29, 1.82) is 0 Å². The summed E-state index contributed by atoms with van der Waals surface area (Å²) in [6, 6.07) is 13.9. The predicted octanol–water partition coefficient (Wildman–Crippen LogP) is 5.38. The van der Waals surface area contributed by atoms with Crippen molar-refractivity contribution in [3.63, 3.8) is 0 Å². The molecule has 1 fully saturated rings. The Labute approximate surface area is 175 Å². The minimum absolute atomic E-state index is 0.00535. The first-order valence-corrected chi connectivity index (χ1v) is 11.1.